The van der Waals surface area contributed by atoms with Crippen LogP contribution in [-0.2, 0) is 0 Å². The molecule has 4 heteroatoms. The van der Waals surface area contributed by atoms with Crippen molar-refractivity contribution in [1.82, 2.24) is 0 Å². The van der Waals surface area contributed by atoms with Crippen molar-refractivity contribution in [1.29, 1.82) is 0 Å². The van der Waals surface area contributed by atoms with E-state index in [9.17, 15) is 5.11 Å². The Labute approximate surface area is 120 Å². The van der Waals surface area contributed by atoms with Crippen molar-refractivity contribution in [3.05, 3.63) is 28.8 Å². The van der Waals surface area contributed by atoms with Gasteiger partial charge in [0.05, 0.1) is 13.2 Å². The highest BCUT2D eigenvalue weighted by Crippen LogP contribution is 2.38. The zero-order chi connectivity index (χ0) is 14.6. The fourth-order valence-electron chi connectivity index (χ4n) is 2.17. The van der Waals surface area contributed by atoms with Crippen molar-refractivity contribution in [2.24, 2.45) is 11.1 Å². The highest BCUT2D eigenvalue weighted by atomic mass is 35.5. The second kappa shape index (κ2) is 6.60. The van der Waals surface area contributed by atoms with E-state index in [-0.39, 0.29) is 11.3 Å². The van der Waals surface area contributed by atoms with E-state index >= 15 is 0 Å². The van der Waals surface area contributed by atoms with Gasteiger partial charge in [0, 0.05) is 23.0 Å². The molecule has 2 unspecified atom stereocenters. The zero-order valence-corrected chi connectivity index (χ0v) is 12.9. The van der Waals surface area contributed by atoms with Crippen molar-refractivity contribution >= 4 is 11.6 Å². The van der Waals surface area contributed by atoms with E-state index < -0.39 is 6.10 Å². The molecule has 0 aliphatic carbocycles. The van der Waals surface area contributed by atoms with Gasteiger partial charge in [0.2, 0.25) is 0 Å². The van der Waals surface area contributed by atoms with Crippen LogP contribution in [0.3, 0.4) is 0 Å². The zero-order valence-electron chi connectivity index (χ0n) is 12.1. The van der Waals surface area contributed by atoms with Crippen LogP contribution in [0.5, 0.6) is 5.75 Å². The van der Waals surface area contributed by atoms with E-state index in [2.05, 4.69) is 6.92 Å². The molecule has 2 atom stereocenters. The first-order chi connectivity index (χ1) is 8.87. The summed E-state index contributed by atoms with van der Waals surface area (Å²) in [7, 11) is 1.61. The lowest BCUT2D eigenvalue weighted by atomic mass is 9.75. The van der Waals surface area contributed by atoms with Gasteiger partial charge in [-0.2, -0.15) is 0 Å². The Kier molecular flexibility index (Phi) is 5.65. The number of halogens is 1. The van der Waals surface area contributed by atoms with Gasteiger partial charge in [-0.15, -0.1) is 0 Å². The number of aliphatic hydroxyl groups is 1. The Bertz CT molecular complexity index is 421. The topological polar surface area (TPSA) is 55.5 Å². The summed E-state index contributed by atoms with van der Waals surface area (Å²) >= 11 is 6.05. The first-order valence-corrected chi connectivity index (χ1v) is 6.96. The smallest absolute Gasteiger partial charge is 0.122 e. The summed E-state index contributed by atoms with van der Waals surface area (Å²) in [6.45, 7) is 6.49. The standard InChI is InChI=1S/C15H24ClNO2/c1-5-15(2,3)14(18)12(9-17)11-8-10(16)6-7-13(11)19-4/h6-8,12,14,18H,5,9,17H2,1-4H3. The Balaban J connectivity index is 3.19. The highest BCUT2D eigenvalue weighted by Gasteiger charge is 2.34. The number of benzene rings is 1. The summed E-state index contributed by atoms with van der Waals surface area (Å²) < 4.78 is 5.35. The highest BCUT2D eigenvalue weighted by molar-refractivity contribution is 6.30. The summed E-state index contributed by atoms with van der Waals surface area (Å²) in [6.07, 6.45) is 0.322. The average molecular weight is 286 g/mol. The molecule has 0 radical (unpaired) electrons. The Hall–Kier alpha value is -0.770. The molecule has 1 aromatic rings. The molecule has 1 aromatic carbocycles. The third-order valence-corrected chi connectivity index (χ3v) is 4.17. The van der Waals surface area contributed by atoms with Crippen LogP contribution in [0.4, 0.5) is 0 Å². The quantitative estimate of drug-likeness (QED) is 0.844. The monoisotopic (exact) mass is 285 g/mol. The number of methoxy groups -OCH3 is 1. The van der Waals surface area contributed by atoms with E-state index in [0.717, 1.165) is 12.0 Å². The van der Waals surface area contributed by atoms with Gasteiger partial charge < -0.3 is 15.6 Å². The number of ether oxygens (including phenoxy) is 1. The summed E-state index contributed by atoms with van der Waals surface area (Å²) in [4.78, 5) is 0. The van der Waals surface area contributed by atoms with Gasteiger partial charge >= 0.3 is 0 Å². The predicted octanol–water partition coefficient (Wildman–Crippen LogP) is 3.19. The minimum Gasteiger partial charge on any atom is -0.496 e. The Morgan fingerprint density at radius 1 is 1.42 bits per heavy atom. The number of aliphatic hydroxyl groups excluding tert-OH is 1. The first kappa shape index (κ1) is 16.3. The van der Waals surface area contributed by atoms with E-state index in [1.165, 1.54) is 0 Å². The number of nitrogens with two attached hydrogens (primary N) is 1. The SMILES string of the molecule is CCC(C)(C)C(O)C(CN)c1cc(Cl)ccc1OC. The van der Waals surface area contributed by atoms with Crippen LogP contribution in [0.1, 0.15) is 38.7 Å². The lowest BCUT2D eigenvalue weighted by molar-refractivity contribution is 0.0259. The van der Waals surface area contributed by atoms with Crippen LogP contribution in [0.25, 0.3) is 0 Å². The van der Waals surface area contributed by atoms with Crippen LogP contribution in [0.15, 0.2) is 18.2 Å². The van der Waals surface area contributed by atoms with Crippen molar-refractivity contribution in [2.45, 2.75) is 39.2 Å². The molecule has 0 spiro atoms. The van der Waals surface area contributed by atoms with Gasteiger partial charge in [-0.3, -0.25) is 0 Å². The maximum absolute atomic E-state index is 10.6. The largest absolute Gasteiger partial charge is 0.496 e. The van der Waals surface area contributed by atoms with E-state index in [4.69, 9.17) is 22.1 Å². The van der Waals surface area contributed by atoms with Gasteiger partial charge in [-0.05, 0) is 30.0 Å². The number of hydrogen-bond donors (Lipinski definition) is 2. The van der Waals surface area contributed by atoms with Crippen LogP contribution in [-0.4, -0.2) is 24.9 Å². The second-order valence-electron chi connectivity index (χ2n) is 5.52. The Morgan fingerprint density at radius 2 is 2.05 bits per heavy atom. The van der Waals surface area contributed by atoms with Gasteiger partial charge in [-0.1, -0.05) is 32.4 Å². The molecule has 0 aromatic heterocycles. The Morgan fingerprint density at radius 3 is 2.53 bits per heavy atom. The molecule has 0 bridgehead atoms. The third-order valence-electron chi connectivity index (χ3n) is 3.94. The minimum atomic E-state index is -0.546. The van der Waals surface area contributed by atoms with E-state index in [1.54, 1.807) is 13.2 Å². The first-order valence-electron chi connectivity index (χ1n) is 6.59. The fraction of sp³-hybridized carbons (Fsp3) is 0.600. The van der Waals surface area contributed by atoms with E-state index in [0.29, 0.717) is 17.3 Å². The lowest BCUT2D eigenvalue weighted by Crippen LogP contribution is -2.38. The maximum Gasteiger partial charge on any atom is 0.122 e. The van der Waals surface area contributed by atoms with Gasteiger partial charge in [0.15, 0.2) is 0 Å². The predicted molar refractivity (Wildman–Crippen MR) is 79.9 cm³/mol. The third kappa shape index (κ3) is 3.62. The van der Waals surface area contributed by atoms with Crippen molar-refractivity contribution in [3.8, 4) is 5.75 Å². The summed E-state index contributed by atoms with van der Waals surface area (Å²) in [6, 6.07) is 5.41. The van der Waals surface area contributed by atoms with Crippen LogP contribution in [0, 0.1) is 5.41 Å². The summed E-state index contributed by atoms with van der Waals surface area (Å²) in [5.41, 5.74) is 6.53. The van der Waals surface area contributed by atoms with Gasteiger partial charge in [0.1, 0.15) is 5.75 Å². The van der Waals surface area contributed by atoms with Crippen LogP contribution in [0.2, 0.25) is 5.02 Å². The molecule has 19 heavy (non-hydrogen) atoms. The summed E-state index contributed by atoms with van der Waals surface area (Å²) in [5, 5.41) is 11.2. The fourth-order valence-corrected chi connectivity index (χ4v) is 2.36. The molecule has 0 saturated carbocycles. The van der Waals surface area contributed by atoms with Crippen LogP contribution < -0.4 is 10.5 Å². The molecule has 1 rings (SSSR count). The summed E-state index contributed by atoms with van der Waals surface area (Å²) in [5.74, 6) is 0.523. The van der Waals surface area contributed by atoms with Gasteiger partial charge in [0.25, 0.3) is 0 Å². The maximum atomic E-state index is 10.6. The van der Waals surface area contributed by atoms with Crippen molar-refractivity contribution in [2.75, 3.05) is 13.7 Å². The number of rotatable bonds is 6. The molecule has 108 valence electrons. The molecule has 3 nitrogen and oxygen atoms in total. The molecule has 3 N–H and O–H groups in total. The molecule has 0 amide bonds. The number of hydrogen-bond acceptors (Lipinski definition) is 3. The second-order valence-corrected chi connectivity index (χ2v) is 5.95. The van der Waals surface area contributed by atoms with Crippen molar-refractivity contribution in [3.63, 3.8) is 0 Å². The molecule has 0 aliphatic heterocycles. The van der Waals surface area contributed by atoms with Gasteiger partial charge in [-0.25, -0.2) is 0 Å². The molecular formula is C15H24ClNO2. The van der Waals surface area contributed by atoms with Crippen LogP contribution >= 0.6 is 11.6 Å². The molecule has 0 saturated heterocycles. The molecule has 0 fully saturated rings. The molecule has 0 aliphatic rings. The average Bonchev–Trinajstić information content (AvgIpc) is 2.39. The molecule has 0 heterocycles. The van der Waals surface area contributed by atoms with Crippen molar-refractivity contribution < 1.29 is 9.84 Å². The minimum absolute atomic E-state index is 0.191. The normalized spacial score (nSPS) is 15.1. The lowest BCUT2D eigenvalue weighted by Gasteiger charge is -2.35. The van der Waals surface area contributed by atoms with E-state index in [1.807, 2.05) is 26.0 Å². The molecular weight excluding hydrogens is 262 g/mol.